The van der Waals surface area contributed by atoms with Crippen LogP contribution in [-0.4, -0.2) is 38.0 Å². The molecule has 2 aliphatic heterocycles. The van der Waals surface area contributed by atoms with Gasteiger partial charge in [0.15, 0.2) is 5.17 Å². The number of nitrogens with zero attached hydrogens (tertiary/aromatic N) is 4. The number of amidine groups is 1. The molecule has 0 radical (unpaired) electrons. The lowest BCUT2D eigenvalue weighted by Gasteiger charge is -2.36. The highest BCUT2D eigenvalue weighted by molar-refractivity contribution is 8.16. The summed E-state index contributed by atoms with van der Waals surface area (Å²) in [4.78, 5) is 47.2. The molecule has 0 fully saturated rings. The number of hydrogen-bond donors (Lipinski definition) is 1. The number of rotatable bonds is 8. The zero-order valence-electron chi connectivity index (χ0n) is 20.0. The Morgan fingerprint density at radius 2 is 2.00 bits per heavy atom. The highest BCUT2D eigenvalue weighted by Crippen LogP contribution is 2.45. The lowest BCUT2D eigenvalue weighted by atomic mass is 9.93. The van der Waals surface area contributed by atoms with Crippen molar-refractivity contribution >= 4 is 34.5 Å². The van der Waals surface area contributed by atoms with Crippen LogP contribution >= 0.6 is 11.8 Å². The van der Waals surface area contributed by atoms with Crippen molar-refractivity contribution in [3.63, 3.8) is 0 Å². The van der Waals surface area contributed by atoms with Gasteiger partial charge in [-0.15, -0.1) is 0 Å². The molecule has 0 saturated heterocycles. The predicted octanol–water partition coefficient (Wildman–Crippen LogP) is 4.22. The lowest BCUT2D eigenvalue weighted by molar-refractivity contribution is -0.384. The van der Waals surface area contributed by atoms with Gasteiger partial charge in [0.2, 0.25) is 5.91 Å². The summed E-state index contributed by atoms with van der Waals surface area (Å²) in [6, 6.07) is 9.05. The zero-order chi connectivity index (χ0) is 25.8. The molecule has 1 unspecified atom stereocenters. The van der Waals surface area contributed by atoms with E-state index >= 15 is 0 Å². The number of hydrogen-bond acceptors (Lipinski definition) is 9. The summed E-state index contributed by atoms with van der Waals surface area (Å²) in [6.45, 7) is 5.59. The third-order valence-corrected chi connectivity index (χ3v) is 6.43. The van der Waals surface area contributed by atoms with Crippen LogP contribution in [-0.2, 0) is 20.9 Å². The maximum atomic E-state index is 13.2. The Morgan fingerprint density at radius 1 is 1.25 bits per heavy atom. The van der Waals surface area contributed by atoms with E-state index in [0.717, 1.165) is 5.56 Å². The van der Waals surface area contributed by atoms with Gasteiger partial charge in [0.1, 0.15) is 0 Å². The number of aliphatic imine (C=N–C) groups is 1. The standard InChI is InChI=1S/C25H25N5O5S/c1-15(2)35-24(32)22-16(3)28-25-29(23(22)18-6-8-19(9-7-18)30(33)34)20(14-36-25)11-21(31)27-13-17-5-4-10-26-12-17/h4-10,12,14-15,23H,11,13H2,1-3H3,(H,27,31). The smallest absolute Gasteiger partial charge is 0.338 e. The molecule has 0 aliphatic carbocycles. The first-order chi connectivity index (χ1) is 17.2. The number of aromatic nitrogens is 1. The zero-order valence-corrected chi connectivity index (χ0v) is 20.8. The molecule has 2 aromatic rings. The van der Waals surface area contributed by atoms with E-state index in [-0.39, 0.29) is 24.1 Å². The van der Waals surface area contributed by atoms with Gasteiger partial charge >= 0.3 is 5.97 Å². The topological polar surface area (TPSA) is 127 Å². The average molecular weight is 508 g/mol. The third kappa shape index (κ3) is 5.46. The summed E-state index contributed by atoms with van der Waals surface area (Å²) in [5, 5.41) is 16.5. The summed E-state index contributed by atoms with van der Waals surface area (Å²) in [5.41, 5.74) is 2.95. The first kappa shape index (κ1) is 25.1. The number of carbonyl (C=O) groups is 2. The van der Waals surface area contributed by atoms with Gasteiger partial charge in [-0.1, -0.05) is 17.8 Å². The van der Waals surface area contributed by atoms with E-state index in [2.05, 4.69) is 15.3 Å². The normalized spacial score (nSPS) is 16.9. The van der Waals surface area contributed by atoms with Gasteiger partial charge < -0.3 is 15.0 Å². The van der Waals surface area contributed by atoms with Crippen molar-refractivity contribution < 1.29 is 19.2 Å². The van der Waals surface area contributed by atoms with Crippen molar-refractivity contribution in [2.75, 3.05) is 0 Å². The first-order valence-corrected chi connectivity index (χ1v) is 12.2. The van der Waals surface area contributed by atoms with Crippen LogP contribution in [0.15, 0.2) is 76.2 Å². The number of nitro benzene ring substituents is 1. The second kappa shape index (κ2) is 10.7. The number of ether oxygens (including phenoxy) is 1. The van der Waals surface area contributed by atoms with Crippen molar-refractivity contribution in [2.24, 2.45) is 4.99 Å². The molecule has 1 atom stereocenters. The number of pyridine rings is 1. The van der Waals surface area contributed by atoms with Crippen LogP contribution < -0.4 is 5.32 Å². The number of benzene rings is 1. The molecule has 36 heavy (non-hydrogen) atoms. The molecule has 1 amide bonds. The van der Waals surface area contributed by atoms with E-state index in [4.69, 9.17) is 4.74 Å². The van der Waals surface area contributed by atoms with Gasteiger partial charge in [-0.2, -0.15) is 0 Å². The molecule has 10 nitrogen and oxygen atoms in total. The molecular formula is C25H25N5O5S. The van der Waals surface area contributed by atoms with Crippen LogP contribution in [0, 0.1) is 10.1 Å². The van der Waals surface area contributed by atoms with Gasteiger partial charge in [-0.3, -0.25) is 19.9 Å². The average Bonchev–Trinajstić information content (AvgIpc) is 3.23. The van der Waals surface area contributed by atoms with Gasteiger partial charge in [-0.05, 0) is 55.5 Å². The molecule has 4 rings (SSSR count). The Balaban J connectivity index is 1.63. The highest BCUT2D eigenvalue weighted by atomic mass is 32.2. The summed E-state index contributed by atoms with van der Waals surface area (Å²) in [6.07, 6.45) is 3.06. The largest absolute Gasteiger partial charge is 0.459 e. The van der Waals surface area contributed by atoms with Gasteiger partial charge in [0.05, 0.1) is 34.8 Å². The van der Waals surface area contributed by atoms with Crippen LogP contribution in [0.4, 0.5) is 5.69 Å². The molecule has 1 N–H and O–H groups in total. The number of nitro groups is 1. The van der Waals surface area contributed by atoms with Crippen molar-refractivity contribution in [3.8, 4) is 0 Å². The molecule has 0 saturated carbocycles. The number of esters is 1. The van der Waals surface area contributed by atoms with E-state index in [0.29, 0.717) is 34.2 Å². The van der Waals surface area contributed by atoms with E-state index in [1.807, 2.05) is 16.4 Å². The molecular weight excluding hydrogens is 482 g/mol. The minimum atomic E-state index is -0.656. The Morgan fingerprint density at radius 3 is 2.64 bits per heavy atom. The first-order valence-electron chi connectivity index (χ1n) is 11.3. The van der Waals surface area contributed by atoms with E-state index in [1.165, 1.54) is 23.9 Å². The monoisotopic (exact) mass is 507 g/mol. The Hall–Kier alpha value is -3.99. The Kier molecular flexibility index (Phi) is 7.49. The van der Waals surface area contributed by atoms with Crippen LogP contribution in [0.25, 0.3) is 0 Å². The second-order valence-corrected chi connectivity index (χ2v) is 9.35. The minimum Gasteiger partial charge on any atom is -0.459 e. The number of thioether (sulfide) groups is 1. The van der Waals surface area contributed by atoms with Gasteiger partial charge in [0.25, 0.3) is 5.69 Å². The van der Waals surface area contributed by atoms with Gasteiger partial charge in [-0.25, -0.2) is 9.79 Å². The quantitative estimate of drug-likeness (QED) is 0.320. The fourth-order valence-electron chi connectivity index (χ4n) is 3.93. The van der Waals surface area contributed by atoms with Gasteiger partial charge in [0, 0.05) is 36.8 Å². The number of carbonyl (C=O) groups excluding carboxylic acids is 2. The fourth-order valence-corrected chi connectivity index (χ4v) is 4.90. The van der Waals surface area contributed by atoms with Crippen LogP contribution in [0.2, 0.25) is 0 Å². The summed E-state index contributed by atoms with van der Waals surface area (Å²) < 4.78 is 5.51. The van der Waals surface area contributed by atoms with Crippen molar-refractivity contribution in [1.82, 2.24) is 15.2 Å². The predicted molar refractivity (Wildman–Crippen MR) is 135 cm³/mol. The minimum absolute atomic E-state index is 0.0569. The van der Waals surface area contributed by atoms with E-state index in [1.54, 1.807) is 51.4 Å². The van der Waals surface area contributed by atoms with Crippen molar-refractivity contribution in [1.29, 1.82) is 0 Å². The number of amides is 1. The Labute approximate surface area is 212 Å². The fraction of sp³-hybridized carbons (Fsp3) is 0.280. The second-order valence-electron chi connectivity index (χ2n) is 8.51. The third-order valence-electron chi connectivity index (χ3n) is 5.54. The molecule has 11 heteroatoms. The van der Waals surface area contributed by atoms with Crippen molar-refractivity contribution in [3.05, 3.63) is 92.4 Å². The number of non-ortho nitro benzene ring substituents is 1. The maximum absolute atomic E-state index is 13.2. The lowest BCUT2D eigenvalue weighted by Crippen LogP contribution is -2.38. The van der Waals surface area contributed by atoms with Crippen LogP contribution in [0.5, 0.6) is 0 Å². The van der Waals surface area contributed by atoms with Crippen molar-refractivity contribution in [2.45, 2.75) is 45.9 Å². The molecule has 0 spiro atoms. The molecule has 1 aromatic heterocycles. The SMILES string of the molecule is CC1=C(C(=O)OC(C)C)C(c2ccc([N+](=O)[O-])cc2)N2C(CC(=O)NCc3cccnc3)=CSC2=N1. The number of fused-ring (bicyclic) bond motifs is 1. The summed E-state index contributed by atoms with van der Waals surface area (Å²) in [7, 11) is 0. The summed E-state index contributed by atoms with van der Waals surface area (Å²) in [5.74, 6) is -0.724. The van der Waals surface area contributed by atoms with Crippen LogP contribution in [0.3, 0.4) is 0 Å². The van der Waals surface area contributed by atoms with E-state index < -0.39 is 16.9 Å². The molecule has 2 aliphatic rings. The molecule has 3 heterocycles. The van der Waals surface area contributed by atoms with Crippen LogP contribution in [0.1, 0.15) is 44.4 Å². The summed E-state index contributed by atoms with van der Waals surface area (Å²) >= 11 is 1.36. The highest BCUT2D eigenvalue weighted by Gasteiger charge is 2.41. The van der Waals surface area contributed by atoms with E-state index in [9.17, 15) is 19.7 Å². The molecule has 1 aromatic carbocycles. The number of nitrogens with one attached hydrogen (secondary N) is 1. The molecule has 186 valence electrons. The molecule has 0 bridgehead atoms. The maximum Gasteiger partial charge on any atom is 0.338 e. The Bertz CT molecular complexity index is 1270. The number of allylic oxidation sites excluding steroid dienone is 1.